The van der Waals surface area contributed by atoms with Crippen LogP contribution >= 0.6 is 0 Å². The van der Waals surface area contributed by atoms with E-state index in [-0.39, 0.29) is 29.4 Å². The molecule has 2 saturated heterocycles. The number of esters is 1. The molecule has 2 heterocycles. The van der Waals surface area contributed by atoms with Crippen LogP contribution in [0.15, 0.2) is 24.3 Å². The number of methoxy groups -OCH3 is 1. The van der Waals surface area contributed by atoms with Gasteiger partial charge in [0.1, 0.15) is 11.9 Å². The molecule has 0 bridgehead atoms. The first-order chi connectivity index (χ1) is 12.9. The molecule has 0 radical (unpaired) electrons. The van der Waals surface area contributed by atoms with Crippen LogP contribution in [-0.2, 0) is 25.3 Å². The number of rotatable bonds is 6. The van der Waals surface area contributed by atoms with E-state index in [2.05, 4.69) is 33.9 Å². The van der Waals surface area contributed by atoms with E-state index in [1.54, 1.807) is 12.0 Å². The van der Waals surface area contributed by atoms with Gasteiger partial charge in [0.15, 0.2) is 8.32 Å². The molecule has 1 amide bonds. The highest BCUT2D eigenvalue weighted by Gasteiger charge is 2.71. The lowest BCUT2D eigenvalue weighted by Gasteiger charge is -2.49. The fourth-order valence-corrected chi connectivity index (χ4v) is 4.60. The van der Waals surface area contributed by atoms with Crippen LogP contribution < -0.4 is 4.74 Å². The monoisotopic (exact) mass is 405 g/mol. The lowest BCUT2D eigenvalue weighted by atomic mass is 9.84. The molecule has 3 rings (SSSR count). The molecule has 2 aliphatic rings. The molecule has 3 atom stereocenters. The molecule has 1 aromatic carbocycles. The van der Waals surface area contributed by atoms with Gasteiger partial charge in [-0.3, -0.25) is 4.79 Å². The van der Waals surface area contributed by atoms with Crippen molar-refractivity contribution in [1.29, 1.82) is 0 Å². The number of amides is 1. The average molecular weight is 406 g/mol. The van der Waals surface area contributed by atoms with Crippen molar-refractivity contribution in [3.63, 3.8) is 0 Å². The van der Waals surface area contributed by atoms with Crippen molar-refractivity contribution < 1.29 is 23.5 Å². The maximum Gasteiger partial charge on any atom is 0.338 e. The lowest BCUT2D eigenvalue weighted by Crippen LogP contribution is -2.71. The van der Waals surface area contributed by atoms with Crippen LogP contribution in [0.4, 0.5) is 0 Å². The molecule has 0 aromatic heterocycles. The van der Waals surface area contributed by atoms with E-state index in [4.69, 9.17) is 13.9 Å². The van der Waals surface area contributed by atoms with Crippen molar-refractivity contribution in [2.24, 2.45) is 5.92 Å². The first kappa shape index (κ1) is 20.9. The Morgan fingerprint density at radius 3 is 2.29 bits per heavy atom. The largest absolute Gasteiger partial charge is 0.497 e. The summed E-state index contributed by atoms with van der Waals surface area (Å²) in [5, 5.41) is 0.0157. The zero-order valence-electron chi connectivity index (χ0n) is 17.9. The van der Waals surface area contributed by atoms with Gasteiger partial charge in [-0.2, -0.15) is 0 Å². The van der Waals surface area contributed by atoms with E-state index < -0.39 is 20.0 Å². The molecule has 2 aliphatic heterocycles. The van der Waals surface area contributed by atoms with Crippen molar-refractivity contribution in [2.75, 3.05) is 13.7 Å². The summed E-state index contributed by atoms with van der Waals surface area (Å²) in [6.45, 7) is 13.1. The van der Waals surface area contributed by atoms with E-state index in [0.29, 0.717) is 6.54 Å². The molecule has 7 heteroatoms. The standard InChI is InChI=1S/C21H31NO5Si/c1-14-17-21(19(24)27-17,13-26-28(6,7)20(2,3)4)22(18(14)23)12-15-8-10-16(25-5)11-9-15/h8-11,14,17H,12-13H2,1-7H3/t14-,17+,21-/m1/s1. The molecule has 6 nitrogen and oxygen atoms in total. The second-order valence-corrected chi connectivity index (χ2v) is 14.2. The average Bonchev–Trinajstić information content (AvgIpc) is 2.78. The van der Waals surface area contributed by atoms with Crippen LogP contribution in [0.1, 0.15) is 33.3 Å². The number of ether oxygens (including phenoxy) is 2. The summed E-state index contributed by atoms with van der Waals surface area (Å²) in [6, 6.07) is 7.54. The second kappa shape index (κ2) is 6.88. The predicted molar refractivity (Wildman–Crippen MR) is 108 cm³/mol. The maximum atomic E-state index is 13.0. The van der Waals surface area contributed by atoms with Crippen LogP contribution in [0, 0.1) is 5.92 Å². The van der Waals surface area contributed by atoms with Gasteiger partial charge in [-0.05, 0) is 42.8 Å². The third kappa shape index (κ3) is 3.14. The smallest absolute Gasteiger partial charge is 0.338 e. The molecular formula is C21H31NO5Si. The second-order valence-electron chi connectivity index (χ2n) is 9.36. The summed E-state index contributed by atoms with van der Waals surface area (Å²) < 4.78 is 17.0. The molecule has 2 fully saturated rings. The summed E-state index contributed by atoms with van der Waals surface area (Å²) in [4.78, 5) is 27.4. The lowest BCUT2D eigenvalue weighted by molar-refractivity contribution is -0.208. The number of nitrogens with zero attached hydrogens (tertiary/aromatic N) is 1. The quantitative estimate of drug-likeness (QED) is 0.536. The Hall–Kier alpha value is -1.86. The highest BCUT2D eigenvalue weighted by atomic mass is 28.4. The summed E-state index contributed by atoms with van der Waals surface area (Å²) in [5.74, 6) is -0.0337. The summed E-state index contributed by atoms with van der Waals surface area (Å²) in [6.07, 6.45) is -0.449. The molecule has 154 valence electrons. The van der Waals surface area contributed by atoms with Crippen LogP contribution in [0.25, 0.3) is 0 Å². The minimum atomic E-state index is -2.09. The fraction of sp³-hybridized carbons (Fsp3) is 0.619. The molecule has 1 aromatic rings. The van der Waals surface area contributed by atoms with Crippen LogP contribution in [0.3, 0.4) is 0 Å². The first-order valence-electron chi connectivity index (χ1n) is 9.73. The minimum Gasteiger partial charge on any atom is -0.497 e. The zero-order chi connectivity index (χ0) is 20.9. The van der Waals surface area contributed by atoms with Gasteiger partial charge in [-0.15, -0.1) is 0 Å². The Labute approximate surface area is 168 Å². The third-order valence-corrected chi connectivity index (χ3v) is 11.1. The Bertz CT molecular complexity index is 770. The van der Waals surface area contributed by atoms with Crippen molar-refractivity contribution >= 4 is 20.2 Å². The van der Waals surface area contributed by atoms with Gasteiger partial charge in [0.2, 0.25) is 11.4 Å². The molecule has 28 heavy (non-hydrogen) atoms. The van der Waals surface area contributed by atoms with Gasteiger partial charge in [0.25, 0.3) is 0 Å². The normalized spacial score (nSPS) is 27.3. The van der Waals surface area contributed by atoms with Gasteiger partial charge in [0.05, 0.1) is 19.6 Å². The van der Waals surface area contributed by atoms with E-state index in [1.807, 2.05) is 31.2 Å². The third-order valence-electron chi connectivity index (χ3n) is 6.61. The van der Waals surface area contributed by atoms with E-state index >= 15 is 0 Å². The molecular weight excluding hydrogens is 374 g/mol. The van der Waals surface area contributed by atoms with E-state index in [9.17, 15) is 9.59 Å². The molecule has 0 spiro atoms. The van der Waals surface area contributed by atoms with Crippen LogP contribution in [0.5, 0.6) is 5.75 Å². The van der Waals surface area contributed by atoms with E-state index in [1.165, 1.54) is 0 Å². The van der Waals surface area contributed by atoms with Gasteiger partial charge >= 0.3 is 5.97 Å². The van der Waals surface area contributed by atoms with Crippen molar-refractivity contribution in [3.05, 3.63) is 29.8 Å². The van der Waals surface area contributed by atoms with Crippen LogP contribution in [-0.4, -0.2) is 50.5 Å². The summed E-state index contributed by atoms with van der Waals surface area (Å²) >= 11 is 0. The number of likely N-dealkylation sites (tertiary alicyclic amines) is 1. The van der Waals surface area contributed by atoms with Crippen LogP contribution in [0.2, 0.25) is 18.1 Å². The maximum absolute atomic E-state index is 13.0. The number of carbonyl (C=O) groups is 2. The summed E-state index contributed by atoms with van der Waals surface area (Å²) in [5.41, 5.74) is -0.0835. The number of carbonyl (C=O) groups excluding carboxylic acids is 2. The predicted octanol–water partition coefficient (Wildman–Crippen LogP) is 3.36. The zero-order valence-corrected chi connectivity index (χ0v) is 18.9. The van der Waals surface area contributed by atoms with Crippen molar-refractivity contribution in [3.8, 4) is 5.75 Å². The van der Waals surface area contributed by atoms with Gasteiger partial charge in [-0.1, -0.05) is 32.9 Å². The first-order valence-corrected chi connectivity index (χ1v) is 12.6. The number of benzene rings is 1. The Kier molecular flexibility index (Phi) is 5.13. The van der Waals surface area contributed by atoms with Gasteiger partial charge in [-0.25, -0.2) is 4.79 Å². The molecule has 0 N–H and O–H groups in total. The van der Waals surface area contributed by atoms with Crippen molar-refractivity contribution in [1.82, 2.24) is 4.90 Å². The van der Waals surface area contributed by atoms with Gasteiger partial charge in [0, 0.05) is 6.54 Å². The molecule has 0 aliphatic carbocycles. The highest BCUT2D eigenvalue weighted by molar-refractivity contribution is 6.74. The molecule has 0 saturated carbocycles. The van der Waals surface area contributed by atoms with Gasteiger partial charge < -0.3 is 18.8 Å². The summed E-state index contributed by atoms with van der Waals surface area (Å²) in [7, 11) is -0.471. The van der Waals surface area contributed by atoms with Crippen molar-refractivity contribution in [2.45, 2.75) is 64.0 Å². The topological polar surface area (TPSA) is 65.1 Å². The minimum absolute atomic E-state index is 0.0157. The molecule has 0 unspecified atom stereocenters. The Morgan fingerprint density at radius 2 is 1.79 bits per heavy atom. The number of hydrogen-bond donors (Lipinski definition) is 0. The fourth-order valence-electron chi connectivity index (χ4n) is 3.58. The Morgan fingerprint density at radius 1 is 1.18 bits per heavy atom. The number of hydrogen-bond acceptors (Lipinski definition) is 5. The SMILES string of the molecule is COc1ccc(CN2C(=O)[C@H](C)[C@@H]3OC(=O)[C@@]32CO[Si](C)(C)C(C)(C)C)cc1. The van der Waals surface area contributed by atoms with E-state index in [0.717, 1.165) is 11.3 Å². The highest BCUT2D eigenvalue weighted by Crippen LogP contribution is 2.47. The number of fused-ring (bicyclic) bond motifs is 1. The Balaban J connectivity index is 1.88.